The summed E-state index contributed by atoms with van der Waals surface area (Å²) in [5.41, 5.74) is 2.44. The van der Waals surface area contributed by atoms with Gasteiger partial charge in [0.1, 0.15) is 0 Å². The Kier molecular flexibility index (Phi) is 2.46. The van der Waals surface area contributed by atoms with Crippen molar-refractivity contribution in [1.82, 2.24) is 4.98 Å². The summed E-state index contributed by atoms with van der Waals surface area (Å²) in [6.07, 6.45) is 0. The van der Waals surface area contributed by atoms with E-state index in [1.54, 1.807) is 5.51 Å². The Hall–Kier alpha value is 0.500. The van der Waals surface area contributed by atoms with Crippen molar-refractivity contribution in [3.63, 3.8) is 0 Å². The molecule has 1 aromatic heterocycles. The monoisotopic (exact) mass is 215 g/mol. The highest BCUT2D eigenvalue weighted by Crippen LogP contribution is 2.41. The van der Waals surface area contributed by atoms with Crippen molar-refractivity contribution in [2.75, 3.05) is 0 Å². The molecule has 1 heterocycles. The second kappa shape index (κ2) is 2.86. The molecule has 1 aromatic rings. The molecule has 0 saturated heterocycles. The van der Waals surface area contributed by atoms with Crippen LogP contribution in [0, 0.1) is 6.92 Å². The smallest absolute Gasteiger partial charge is 0.226 e. The fraction of sp³-hybridized carbons (Fsp3) is 0.400. The molecular weight excluding hydrogens is 212 g/mol. The number of hydrogen-bond acceptors (Lipinski definition) is 2. The molecule has 1 nitrogen and oxygen atoms in total. The average molecular weight is 217 g/mol. The first-order valence-electron chi connectivity index (χ1n) is 2.49. The van der Waals surface area contributed by atoms with E-state index in [9.17, 15) is 0 Å². The zero-order valence-corrected chi connectivity index (χ0v) is 8.15. The first-order chi connectivity index (χ1) is 4.52. The Morgan fingerprint density at radius 1 is 1.50 bits per heavy atom. The molecule has 0 aromatic carbocycles. The van der Waals surface area contributed by atoms with Crippen LogP contribution in [0.2, 0.25) is 0 Å². The lowest BCUT2D eigenvalue weighted by molar-refractivity contribution is 1.17. The summed E-state index contributed by atoms with van der Waals surface area (Å²) in [6, 6.07) is 0. The molecule has 0 saturated carbocycles. The van der Waals surface area contributed by atoms with Crippen molar-refractivity contribution in [3.8, 4) is 0 Å². The molecule has 0 fully saturated rings. The summed E-state index contributed by atoms with van der Waals surface area (Å²) >= 11 is 18.2. The van der Waals surface area contributed by atoms with E-state index in [1.807, 2.05) is 6.92 Å². The van der Waals surface area contributed by atoms with Gasteiger partial charge in [-0.05, 0) is 6.92 Å². The molecule has 1 rings (SSSR count). The van der Waals surface area contributed by atoms with Crippen molar-refractivity contribution in [1.29, 1.82) is 0 Å². The molecule has 0 aliphatic rings. The zero-order valence-electron chi connectivity index (χ0n) is 5.07. The maximum absolute atomic E-state index is 5.61. The standard InChI is InChI=1S/C5H4Cl3NS/c1-3-4(5(6,7)8)10-2-9-3/h2H,1H3. The van der Waals surface area contributed by atoms with Crippen molar-refractivity contribution < 1.29 is 0 Å². The number of nitrogens with zero attached hydrogens (tertiary/aromatic N) is 1. The van der Waals surface area contributed by atoms with E-state index in [1.165, 1.54) is 11.3 Å². The fourth-order valence-corrected chi connectivity index (χ4v) is 2.06. The minimum atomic E-state index is -1.31. The normalized spacial score (nSPS) is 12.0. The van der Waals surface area contributed by atoms with Gasteiger partial charge in [0.25, 0.3) is 0 Å². The molecular formula is C5H4Cl3NS. The minimum absolute atomic E-state index is 0.692. The van der Waals surface area contributed by atoms with Crippen LogP contribution in [-0.2, 0) is 3.79 Å². The highest BCUT2D eigenvalue weighted by molar-refractivity contribution is 7.11. The van der Waals surface area contributed by atoms with Gasteiger partial charge < -0.3 is 0 Å². The lowest BCUT2D eigenvalue weighted by atomic mass is 10.4. The average Bonchev–Trinajstić information content (AvgIpc) is 2.11. The number of hydrogen-bond donors (Lipinski definition) is 0. The first-order valence-corrected chi connectivity index (χ1v) is 4.50. The molecule has 0 aliphatic carbocycles. The number of thiazole rings is 1. The third-order valence-electron chi connectivity index (χ3n) is 1.00. The van der Waals surface area contributed by atoms with Crippen LogP contribution in [0.5, 0.6) is 0 Å². The lowest BCUT2D eigenvalue weighted by Crippen LogP contribution is -1.98. The van der Waals surface area contributed by atoms with E-state index >= 15 is 0 Å². The Morgan fingerprint density at radius 3 is 2.30 bits per heavy atom. The second-order valence-electron chi connectivity index (χ2n) is 1.76. The maximum Gasteiger partial charge on any atom is 0.226 e. The summed E-state index contributed by atoms with van der Waals surface area (Å²) < 4.78 is -1.31. The van der Waals surface area contributed by atoms with Gasteiger partial charge in [-0.2, -0.15) is 0 Å². The summed E-state index contributed by atoms with van der Waals surface area (Å²) in [5, 5.41) is 0. The highest BCUT2D eigenvalue weighted by Gasteiger charge is 2.26. The fourth-order valence-electron chi connectivity index (χ4n) is 0.574. The number of halogens is 3. The van der Waals surface area contributed by atoms with Crippen LogP contribution in [0.3, 0.4) is 0 Å². The minimum Gasteiger partial charge on any atom is -0.250 e. The van der Waals surface area contributed by atoms with Gasteiger partial charge in [0, 0.05) is 0 Å². The second-order valence-corrected chi connectivity index (χ2v) is 4.90. The molecule has 0 amide bonds. The SMILES string of the molecule is Cc1ncsc1C(Cl)(Cl)Cl. The quantitative estimate of drug-likeness (QED) is 0.607. The van der Waals surface area contributed by atoms with E-state index in [-0.39, 0.29) is 0 Å². The van der Waals surface area contributed by atoms with Gasteiger partial charge in [-0.3, -0.25) is 0 Å². The van der Waals surface area contributed by atoms with Crippen LogP contribution < -0.4 is 0 Å². The van der Waals surface area contributed by atoms with Crippen LogP contribution >= 0.6 is 46.1 Å². The molecule has 0 radical (unpaired) electrons. The van der Waals surface area contributed by atoms with Gasteiger partial charge in [-0.15, -0.1) is 11.3 Å². The van der Waals surface area contributed by atoms with Crippen molar-refractivity contribution in [2.45, 2.75) is 10.7 Å². The molecule has 5 heteroatoms. The van der Waals surface area contributed by atoms with Gasteiger partial charge in [-0.25, -0.2) is 4.98 Å². The van der Waals surface area contributed by atoms with Gasteiger partial charge in [0.05, 0.1) is 16.1 Å². The third kappa shape index (κ3) is 1.76. The number of alkyl halides is 3. The Balaban J connectivity index is 3.05. The topological polar surface area (TPSA) is 12.9 Å². The van der Waals surface area contributed by atoms with E-state index in [4.69, 9.17) is 34.8 Å². The van der Waals surface area contributed by atoms with Gasteiger partial charge in [0.2, 0.25) is 3.79 Å². The summed E-state index contributed by atoms with van der Waals surface area (Å²) in [5.74, 6) is 0. The third-order valence-corrected chi connectivity index (χ3v) is 2.95. The maximum atomic E-state index is 5.61. The lowest BCUT2D eigenvalue weighted by Gasteiger charge is -2.07. The van der Waals surface area contributed by atoms with E-state index in [2.05, 4.69) is 4.98 Å². The van der Waals surface area contributed by atoms with Gasteiger partial charge in [-0.1, -0.05) is 34.8 Å². The zero-order chi connectivity index (χ0) is 7.78. The Morgan fingerprint density at radius 2 is 2.10 bits per heavy atom. The molecule has 10 heavy (non-hydrogen) atoms. The Bertz CT molecular complexity index is 227. The largest absolute Gasteiger partial charge is 0.250 e. The summed E-state index contributed by atoms with van der Waals surface area (Å²) in [4.78, 5) is 4.64. The van der Waals surface area contributed by atoms with Crippen LogP contribution in [0.15, 0.2) is 5.51 Å². The van der Waals surface area contributed by atoms with E-state index in [0.29, 0.717) is 4.88 Å². The van der Waals surface area contributed by atoms with Gasteiger partial charge in [0.15, 0.2) is 0 Å². The number of aryl methyl sites for hydroxylation is 1. The molecule has 56 valence electrons. The molecule has 0 unspecified atom stereocenters. The molecule has 0 aliphatic heterocycles. The van der Waals surface area contributed by atoms with Crippen molar-refractivity contribution in [3.05, 3.63) is 16.1 Å². The molecule has 0 bridgehead atoms. The van der Waals surface area contributed by atoms with Crippen molar-refractivity contribution >= 4 is 46.1 Å². The van der Waals surface area contributed by atoms with Crippen molar-refractivity contribution in [2.24, 2.45) is 0 Å². The number of rotatable bonds is 0. The van der Waals surface area contributed by atoms with Gasteiger partial charge >= 0.3 is 0 Å². The molecule has 0 atom stereocenters. The summed E-state index contributed by atoms with van der Waals surface area (Å²) in [7, 11) is 0. The molecule has 0 spiro atoms. The van der Waals surface area contributed by atoms with Crippen LogP contribution in [0.1, 0.15) is 10.6 Å². The first kappa shape index (κ1) is 8.60. The molecule has 0 N–H and O–H groups in total. The number of aromatic nitrogens is 1. The highest BCUT2D eigenvalue weighted by atomic mass is 35.6. The predicted molar refractivity (Wildman–Crippen MR) is 46.1 cm³/mol. The van der Waals surface area contributed by atoms with Crippen LogP contribution in [-0.4, -0.2) is 4.98 Å². The van der Waals surface area contributed by atoms with Crippen LogP contribution in [0.25, 0.3) is 0 Å². The van der Waals surface area contributed by atoms with E-state index < -0.39 is 3.79 Å². The van der Waals surface area contributed by atoms with E-state index in [0.717, 1.165) is 5.69 Å². The Labute approximate surface area is 77.9 Å². The summed E-state index contributed by atoms with van der Waals surface area (Å²) in [6.45, 7) is 1.81. The predicted octanol–water partition coefficient (Wildman–Crippen LogP) is 3.28. The van der Waals surface area contributed by atoms with Crippen LogP contribution in [0.4, 0.5) is 0 Å².